The average Bonchev–Trinajstić information content (AvgIpc) is 1.66. The van der Waals surface area contributed by atoms with Crippen LogP contribution in [0.3, 0.4) is 0 Å². The van der Waals surface area contributed by atoms with Crippen LogP contribution in [0, 0.1) is 0 Å². The molecule has 0 aliphatic heterocycles. The van der Waals surface area contributed by atoms with Crippen LogP contribution in [0.25, 0.3) is 0 Å². The first-order valence-corrected chi connectivity index (χ1v) is 2.40. The zero-order chi connectivity index (χ0) is 6.41. The number of rotatable bonds is 1. The van der Waals surface area contributed by atoms with E-state index in [1.54, 1.807) is 6.08 Å². The van der Waals surface area contributed by atoms with Crippen LogP contribution < -0.4 is 5.32 Å². The van der Waals surface area contributed by atoms with Crippen LogP contribution in [0.2, 0.25) is 0 Å². The van der Waals surface area contributed by atoms with Gasteiger partial charge in [0, 0.05) is 13.1 Å². The summed E-state index contributed by atoms with van der Waals surface area (Å²) < 4.78 is 0. The van der Waals surface area contributed by atoms with Gasteiger partial charge < -0.3 is 5.32 Å². The molecule has 0 radical (unpaired) electrons. The van der Waals surface area contributed by atoms with E-state index in [0.717, 1.165) is 0 Å². The summed E-state index contributed by atoms with van der Waals surface area (Å²) in [6.45, 7) is 3.28. The van der Waals surface area contributed by atoms with Crippen molar-refractivity contribution in [2.75, 3.05) is 0 Å². The van der Waals surface area contributed by atoms with Crippen molar-refractivity contribution in [1.82, 2.24) is 5.32 Å². The summed E-state index contributed by atoms with van der Waals surface area (Å²) in [6, 6.07) is 0. The van der Waals surface area contributed by atoms with Gasteiger partial charge in [0.2, 0.25) is 5.91 Å². The van der Waals surface area contributed by atoms with E-state index in [4.69, 9.17) is 0 Å². The van der Waals surface area contributed by atoms with Crippen molar-refractivity contribution >= 4 is 5.91 Å². The van der Waals surface area contributed by atoms with Crippen molar-refractivity contribution in [2.24, 2.45) is 0 Å². The van der Waals surface area contributed by atoms with Gasteiger partial charge >= 0.3 is 0 Å². The zero-order valence-electron chi connectivity index (χ0n) is 5.06. The Morgan fingerprint density at radius 2 is 2.38 bits per heavy atom. The fraction of sp³-hybridized carbons (Fsp3) is 0.333. The quantitative estimate of drug-likeness (QED) is 0.498. The maximum Gasteiger partial charge on any atom is 0.221 e. The predicted octanol–water partition coefficient (Wildman–Crippen LogP) is 0.811. The normalized spacial score (nSPS) is 6.75. The molecule has 0 atom stereocenters. The number of allylic oxidation sites excluding steroid dienone is 1. The van der Waals surface area contributed by atoms with E-state index >= 15 is 0 Å². The first kappa shape index (κ1) is 6.99. The summed E-state index contributed by atoms with van der Waals surface area (Å²) in [6.07, 6.45) is 3.19. The number of nitrogens with one attached hydrogen (secondary N) is 1. The second-order valence-electron chi connectivity index (χ2n) is 1.30. The van der Waals surface area contributed by atoms with Crippen LogP contribution >= 0.6 is 0 Å². The van der Waals surface area contributed by atoms with Crippen LogP contribution in [0.15, 0.2) is 18.0 Å². The lowest BCUT2D eigenvalue weighted by atomic mass is 10.6. The summed E-state index contributed by atoms with van der Waals surface area (Å²) in [5.41, 5.74) is 2.70. The fourth-order valence-corrected chi connectivity index (χ4v) is 0.227. The Hall–Kier alpha value is -1.01. The molecule has 0 heterocycles. The summed E-state index contributed by atoms with van der Waals surface area (Å²) in [5.74, 6) is -0.0700. The molecule has 8 heavy (non-hydrogen) atoms. The summed E-state index contributed by atoms with van der Waals surface area (Å²) in [7, 11) is 0. The van der Waals surface area contributed by atoms with Gasteiger partial charge in [-0.25, -0.2) is 0 Å². The highest BCUT2D eigenvalue weighted by atomic mass is 16.1. The van der Waals surface area contributed by atoms with Crippen LogP contribution in [0.5, 0.6) is 0 Å². The van der Waals surface area contributed by atoms with Crippen molar-refractivity contribution in [3.8, 4) is 0 Å². The third kappa shape index (κ3) is 4.99. The molecule has 0 saturated heterocycles. The van der Waals surface area contributed by atoms with Gasteiger partial charge in [0.1, 0.15) is 0 Å². The minimum Gasteiger partial charge on any atom is -0.326 e. The molecule has 0 saturated carbocycles. The lowest BCUT2D eigenvalue weighted by Crippen LogP contribution is -2.10. The molecule has 2 heteroatoms. The molecule has 0 aromatic rings. The van der Waals surface area contributed by atoms with E-state index in [0.29, 0.717) is 0 Å². The van der Waals surface area contributed by atoms with Gasteiger partial charge in [-0.15, -0.1) is 5.73 Å². The third-order valence-corrected chi connectivity index (χ3v) is 0.525. The van der Waals surface area contributed by atoms with Gasteiger partial charge in [0.25, 0.3) is 0 Å². The van der Waals surface area contributed by atoms with E-state index < -0.39 is 0 Å². The fourth-order valence-electron chi connectivity index (χ4n) is 0.227. The Morgan fingerprint density at radius 1 is 1.75 bits per heavy atom. The standard InChI is InChI=1S/C6H9NO/c1-3-4-5-7-6(2)8/h3,5H,1-2H3,(H,7,8). The molecule has 0 aromatic carbocycles. The molecule has 44 valence electrons. The molecule has 0 aromatic heterocycles. The molecule has 0 aliphatic rings. The molecular weight excluding hydrogens is 102 g/mol. The van der Waals surface area contributed by atoms with E-state index in [-0.39, 0.29) is 5.91 Å². The number of carbonyl (C=O) groups excluding carboxylic acids is 1. The monoisotopic (exact) mass is 111 g/mol. The average molecular weight is 111 g/mol. The van der Waals surface area contributed by atoms with Gasteiger partial charge in [-0.2, -0.15) is 0 Å². The Morgan fingerprint density at radius 3 is 2.75 bits per heavy atom. The first-order valence-electron chi connectivity index (χ1n) is 2.40. The van der Waals surface area contributed by atoms with Gasteiger partial charge in [-0.1, -0.05) is 0 Å². The summed E-state index contributed by atoms with van der Waals surface area (Å²) in [4.78, 5) is 10.1. The van der Waals surface area contributed by atoms with Crippen LogP contribution in [-0.4, -0.2) is 5.91 Å². The molecule has 0 rings (SSSR count). The Labute approximate surface area is 48.9 Å². The lowest BCUT2D eigenvalue weighted by Gasteiger charge is -1.83. The molecule has 0 unspecified atom stereocenters. The number of hydrogen-bond acceptors (Lipinski definition) is 1. The molecule has 0 aliphatic carbocycles. The highest BCUT2D eigenvalue weighted by Crippen LogP contribution is 1.61. The van der Waals surface area contributed by atoms with Crippen molar-refractivity contribution in [2.45, 2.75) is 13.8 Å². The zero-order valence-corrected chi connectivity index (χ0v) is 5.06. The Balaban J connectivity index is 3.45. The van der Waals surface area contributed by atoms with Crippen molar-refractivity contribution in [1.29, 1.82) is 0 Å². The molecular formula is C6H9NO. The molecule has 0 fully saturated rings. The Kier molecular flexibility index (Phi) is 3.63. The minimum absolute atomic E-state index is 0.0700. The van der Waals surface area contributed by atoms with E-state index in [9.17, 15) is 4.79 Å². The maximum absolute atomic E-state index is 10.1. The van der Waals surface area contributed by atoms with Crippen molar-refractivity contribution in [3.63, 3.8) is 0 Å². The second kappa shape index (κ2) is 4.16. The van der Waals surface area contributed by atoms with Crippen LogP contribution in [0.1, 0.15) is 13.8 Å². The summed E-state index contributed by atoms with van der Waals surface area (Å²) >= 11 is 0. The molecule has 1 amide bonds. The molecule has 1 N–H and O–H groups in total. The smallest absolute Gasteiger partial charge is 0.221 e. The SMILES string of the molecule is CC=C=CNC(C)=O. The predicted molar refractivity (Wildman–Crippen MR) is 32.1 cm³/mol. The highest BCUT2D eigenvalue weighted by molar-refractivity contribution is 5.73. The van der Waals surface area contributed by atoms with E-state index in [2.05, 4.69) is 11.0 Å². The minimum atomic E-state index is -0.0700. The second-order valence-corrected chi connectivity index (χ2v) is 1.30. The van der Waals surface area contributed by atoms with Crippen LogP contribution in [0.4, 0.5) is 0 Å². The third-order valence-electron chi connectivity index (χ3n) is 0.525. The molecule has 2 nitrogen and oxygen atoms in total. The van der Waals surface area contributed by atoms with Gasteiger partial charge in [0.15, 0.2) is 0 Å². The topological polar surface area (TPSA) is 29.1 Å². The van der Waals surface area contributed by atoms with Gasteiger partial charge in [0.05, 0.1) is 0 Å². The largest absolute Gasteiger partial charge is 0.326 e. The van der Waals surface area contributed by atoms with E-state index in [1.165, 1.54) is 13.1 Å². The van der Waals surface area contributed by atoms with Crippen molar-refractivity contribution in [3.05, 3.63) is 18.0 Å². The number of amides is 1. The maximum atomic E-state index is 10.1. The Bertz CT molecular complexity index is 131. The molecule has 0 bridgehead atoms. The van der Waals surface area contributed by atoms with Crippen molar-refractivity contribution < 1.29 is 4.79 Å². The number of carbonyl (C=O) groups is 1. The van der Waals surface area contributed by atoms with Gasteiger partial charge in [-0.3, -0.25) is 4.79 Å². The lowest BCUT2D eigenvalue weighted by molar-refractivity contribution is -0.118. The highest BCUT2D eigenvalue weighted by Gasteiger charge is 1.77. The summed E-state index contributed by atoms with van der Waals surface area (Å²) in [5, 5.41) is 2.44. The van der Waals surface area contributed by atoms with Crippen LogP contribution in [-0.2, 0) is 4.79 Å². The number of hydrogen-bond donors (Lipinski definition) is 1. The van der Waals surface area contributed by atoms with Gasteiger partial charge in [-0.05, 0) is 13.0 Å². The van der Waals surface area contributed by atoms with E-state index in [1.807, 2.05) is 6.92 Å². The molecule has 0 spiro atoms. The first-order chi connectivity index (χ1) is 3.77.